The molecule has 0 amide bonds. The maximum absolute atomic E-state index is 9.86. The molecule has 0 unspecified atom stereocenters. The van der Waals surface area contributed by atoms with Crippen molar-refractivity contribution in [3.05, 3.63) is 42.0 Å². The number of nitrogens with zero attached hydrogens (tertiary/aromatic N) is 1. The monoisotopic (exact) mass is 228 g/mol. The highest BCUT2D eigenvalue weighted by molar-refractivity contribution is 6.02. The van der Waals surface area contributed by atoms with Gasteiger partial charge in [0.2, 0.25) is 0 Å². The second kappa shape index (κ2) is 5.46. The molecule has 0 aliphatic rings. The van der Waals surface area contributed by atoms with Crippen LogP contribution in [0.4, 0.5) is 0 Å². The Morgan fingerprint density at radius 3 is 2.88 bits per heavy atom. The Bertz CT molecular complexity index is 535. The zero-order chi connectivity index (χ0) is 12.1. The molecular formula is C14H16N2O. The number of benzene rings is 2. The van der Waals surface area contributed by atoms with Crippen LogP contribution in [0.1, 0.15) is 5.56 Å². The van der Waals surface area contributed by atoms with Gasteiger partial charge in [0.05, 0.1) is 6.54 Å². The number of aromatic hydroxyl groups is 1. The molecule has 88 valence electrons. The van der Waals surface area contributed by atoms with Gasteiger partial charge in [-0.3, -0.25) is 4.99 Å². The first-order valence-corrected chi connectivity index (χ1v) is 5.68. The number of hydrogen-bond donors (Lipinski definition) is 2. The predicted octanol–water partition coefficient (Wildman–Crippen LogP) is 2.18. The fraction of sp³-hybridized carbons (Fsp3) is 0.214. The van der Waals surface area contributed by atoms with Crippen LogP contribution in [0, 0.1) is 0 Å². The molecule has 2 rings (SSSR count). The quantitative estimate of drug-likeness (QED) is 0.622. The summed E-state index contributed by atoms with van der Waals surface area (Å²) in [5.41, 5.74) is 0.791. The molecule has 3 nitrogen and oxygen atoms in total. The Kier molecular flexibility index (Phi) is 3.73. The van der Waals surface area contributed by atoms with E-state index in [0.717, 1.165) is 22.9 Å². The first-order chi connectivity index (χ1) is 8.33. The van der Waals surface area contributed by atoms with Crippen molar-refractivity contribution in [2.45, 2.75) is 0 Å². The third kappa shape index (κ3) is 2.63. The average molecular weight is 228 g/mol. The highest BCUT2D eigenvalue weighted by Gasteiger charge is 2.03. The molecule has 2 N–H and O–H groups in total. The van der Waals surface area contributed by atoms with E-state index in [0.29, 0.717) is 6.54 Å². The molecule has 17 heavy (non-hydrogen) atoms. The van der Waals surface area contributed by atoms with E-state index < -0.39 is 0 Å². The molecule has 3 heteroatoms. The van der Waals surface area contributed by atoms with Crippen LogP contribution in [0.25, 0.3) is 10.8 Å². The largest absolute Gasteiger partial charge is 0.507 e. The van der Waals surface area contributed by atoms with Gasteiger partial charge in [-0.05, 0) is 23.9 Å². The molecular weight excluding hydrogens is 212 g/mol. The Balaban J connectivity index is 2.37. The van der Waals surface area contributed by atoms with Crippen molar-refractivity contribution >= 4 is 17.0 Å². The van der Waals surface area contributed by atoms with Gasteiger partial charge >= 0.3 is 0 Å². The van der Waals surface area contributed by atoms with Crippen LogP contribution in [0.15, 0.2) is 41.4 Å². The van der Waals surface area contributed by atoms with Crippen LogP contribution < -0.4 is 5.32 Å². The number of hydrogen-bond acceptors (Lipinski definition) is 3. The second-order valence-electron chi connectivity index (χ2n) is 3.86. The molecule has 2 aromatic rings. The number of phenolic OH excluding ortho intramolecular Hbond substituents is 1. The second-order valence-corrected chi connectivity index (χ2v) is 3.86. The first kappa shape index (κ1) is 11.6. The fourth-order valence-electron chi connectivity index (χ4n) is 1.75. The van der Waals surface area contributed by atoms with Crippen molar-refractivity contribution in [1.82, 2.24) is 5.32 Å². The molecule has 0 bridgehead atoms. The maximum Gasteiger partial charge on any atom is 0.124 e. The van der Waals surface area contributed by atoms with Crippen LogP contribution in [0.3, 0.4) is 0 Å². The number of fused-ring (bicyclic) bond motifs is 1. The summed E-state index contributed by atoms with van der Waals surface area (Å²) in [5, 5.41) is 15.0. The lowest BCUT2D eigenvalue weighted by Gasteiger charge is -2.04. The van der Waals surface area contributed by atoms with E-state index in [2.05, 4.69) is 10.3 Å². The number of rotatable bonds is 4. The summed E-state index contributed by atoms with van der Waals surface area (Å²) >= 11 is 0. The molecule has 0 atom stereocenters. The molecule has 0 saturated heterocycles. The standard InChI is InChI=1S/C14H16N2O/c1-15-8-9-16-10-13-12-5-3-2-4-11(12)6-7-14(13)17/h2-7,10,15,17H,8-9H2,1H3. The molecule has 0 radical (unpaired) electrons. The summed E-state index contributed by atoms with van der Waals surface area (Å²) in [6.45, 7) is 1.54. The van der Waals surface area contributed by atoms with Crippen molar-refractivity contribution in [2.24, 2.45) is 4.99 Å². The SMILES string of the molecule is CNCCN=Cc1c(O)ccc2ccccc12. The Labute approximate surface area is 101 Å². The average Bonchev–Trinajstić information content (AvgIpc) is 2.37. The molecule has 0 aromatic heterocycles. The van der Waals surface area contributed by atoms with Gasteiger partial charge in [0.25, 0.3) is 0 Å². The third-order valence-corrected chi connectivity index (χ3v) is 2.66. The normalized spacial score (nSPS) is 11.4. The first-order valence-electron chi connectivity index (χ1n) is 5.68. The molecule has 2 aromatic carbocycles. The lowest BCUT2D eigenvalue weighted by Crippen LogP contribution is -2.10. The van der Waals surface area contributed by atoms with Gasteiger partial charge in [-0.15, -0.1) is 0 Å². The van der Waals surface area contributed by atoms with E-state index in [1.165, 1.54) is 0 Å². The highest BCUT2D eigenvalue weighted by atomic mass is 16.3. The predicted molar refractivity (Wildman–Crippen MR) is 72.0 cm³/mol. The summed E-state index contributed by atoms with van der Waals surface area (Å²) in [7, 11) is 1.89. The van der Waals surface area contributed by atoms with Crippen LogP contribution in [-0.2, 0) is 0 Å². The summed E-state index contributed by atoms with van der Waals surface area (Å²) in [4.78, 5) is 4.29. The van der Waals surface area contributed by atoms with E-state index >= 15 is 0 Å². The van der Waals surface area contributed by atoms with Gasteiger partial charge in [-0.25, -0.2) is 0 Å². The van der Waals surface area contributed by atoms with Crippen LogP contribution in [-0.4, -0.2) is 31.5 Å². The summed E-state index contributed by atoms with van der Waals surface area (Å²) in [6.07, 6.45) is 1.75. The number of nitrogens with one attached hydrogen (secondary N) is 1. The van der Waals surface area contributed by atoms with Gasteiger partial charge < -0.3 is 10.4 Å². The fourth-order valence-corrected chi connectivity index (χ4v) is 1.75. The minimum absolute atomic E-state index is 0.275. The number of likely N-dealkylation sites (N-methyl/N-ethyl adjacent to an activating group) is 1. The number of phenols is 1. The maximum atomic E-state index is 9.86. The third-order valence-electron chi connectivity index (χ3n) is 2.66. The molecule has 0 aliphatic heterocycles. The minimum atomic E-state index is 0.275. The van der Waals surface area contributed by atoms with Crippen molar-refractivity contribution < 1.29 is 5.11 Å². The molecule has 0 heterocycles. The van der Waals surface area contributed by atoms with Crippen LogP contribution in [0.2, 0.25) is 0 Å². The van der Waals surface area contributed by atoms with Crippen molar-refractivity contribution in [3.8, 4) is 5.75 Å². The van der Waals surface area contributed by atoms with Gasteiger partial charge in [-0.2, -0.15) is 0 Å². The Morgan fingerprint density at radius 2 is 2.06 bits per heavy atom. The Morgan fingerprint density at radius 1 is 1.24 bits per heavy atom. The summed E-state index contributed by atoms with van der Waals surface area (Å²) < 4.78 is 0. The Hall–Kier alpha value is -1.87. The van der Waals surface area contributed by atoms with Crippen LogP contribution in [0.5, 0.6) is 5.75 Å². The van der Waals surface area contributed by atoms with Gasteiger partial charge in [0.1, 0.15) is 5.75 Å². The van der Waals surface area contributed by atoms with Gasteiger partial charge in [0, 0.05) is 18.3 Å². The van der Waals surface area contributed by atoms with Crippen molar-refractivity contribution in [3.63, 3.8) is 0 Å². The highest BCUT2D eigenvalue weighted by Crippen LogP contribution is 2.25. The zero-order valence-corrected chi connectivity index (χ0v) is 9.85. The van der Waals surface area contributed by atoms with E-state index in [-0.39, 0.29) is 5.75 Å². The van der Waals surface area contributed by atoms with E-state index in [4.69, 9.17) is 0 Å². The summed E-state index contributed by atoms with van der Waals surface area (Å²) in [5.74, 6) is 0.275. The molecule has 0 spiro atoms. The smallest absolute Gasteiger partial charge is 0.124 e. The van der Waals surface area contributed by atoms with Crippen molar-refractivity contribution in [2.75, 3.05) is 20.1 Å². The van der Waals surface area contributed by atoms with Crippen LogP contribution >= 0.6 is 0 Å². The molecule has 0 aliphatic carbocycles. The lowest BCUT2D eigenvalue weighted by molar-refractivity contribution is 0.475. The van der Waals surface area contributed by atoms with Crippen molar-refractivity contribution in [1.29, 1.82) is 0 Å². The molecule has 0 fully saturated rings. The summed E-state index contributed by atoms with van der Waals surface area (Å²) in [6, 6.07) is 11.6. The number of aliphatic imine (C=N–C) groups is 1. The molecule has 0 saturated carbocycles. The topological polar surface area (TPSA) is 44.6 Å². The van der Waals surface area contributed by atoms with E-state index in [1.807, 2.05) is 37.4 Å². The van der Waals surface area contributed by atoms with Gasteiger partial charge in [-0.1, -0.05) is 30.3 Å². The van der Waals surface area contributed by atoms with Gasteiger partial charge in [0.15, 0.2) is 0 Å². The zero-order valence-electron chi connectivity index (χ0n) is 9.85. The minimum Gasteiger partial charge on any atom is -0.507 e. The lowest BCUT2D eigenvalue weighted by atomic mass is 10.0. The van der Waals surface area contributed by atoms with E-state index in [9.17, 15) is 5.11 Å². The van der Waals surface area contributed by atoms with E-state index in [1.54, 1.807) is 12.3 Å².